The fraction of sp³-hybridized carbons (Fsp3) is 1.00. The minimum atomic E-state index is -0.0424. The Labute approximate surface area is 69.8 Å². The summed E-state index contributed by atoms with van der Waals surface area (Å²) >= 11 is 0. The highest BCUT2D eigenvalue weighted by molar-refractivity contribution is 4.88. The molecule has 1 aliphatic rings. The quantitative estimate of drug-likeness (QED) is 0.571. The molecular formula is C10H20O. The predicted octanol–water partition coefficient (Wildman–Crippen LogP) is 2.44. The van der Waals surface area contributed by atoms with Crippen LogP contribution in [-0.4, -0.2) is 11.2 Å². The summed E-state index contributed by atoms with van der Waals surface area (Å²) in [5, 5.41) is 9.53. The van der Waals surface area contributed by atoms with E-state index in [1.165, 1.54) is 6.42 Å². The molecule has 0 aliphatic heterocycles. The first kappa shape index (κ1) is 9.05. The van der Waals surface area contributed by atoms with Gasteiger partial charge in [-0.05, 0) is 30.1 Å². The van der Waals surface area contributed by atoms with Crippen LogP contribution in [0.1, 0.15) is 40.5 Å². The summed E-state index contributed by atoms with van der Waals surface area (Å²) in [5.41, 5.74) is 0.372. The molecule has 0 aromatic rings. The summed E-state index contributed by atoms with van der Waals surface area (Å²) in [5.74, 6) is 1.20. The Hall–Kier alpha value is -0.0400. The predicted molar refractivity (Wildman–Crippen MR) is 47.3 cm³/mol. The van der Waals surface area contributed by atoms with Gasteiger partial charge in [-0.15, -0.1) is 0 Å². The average molecular weight is 156 g/mol. The van der Waals surface area contributed by atoms with Gasteiger partial charge in [0.05, 0.1) is 6.10 Å². The van der Waals surface area contributed by atoms with Gasteiger partial charge in [0, 0.05) is 0 Å². The van der Waals surface area contributed by atoms with E-state index < -0.39 is 0 Å². The summed E-state index contributed by atoms with van der Waals surface area (Å²) < 4.78 is 0. The Morgan fingerprint density at radius 3 is 1.91 bits per heavy atom. The molecule has 1 nitrogen and oxygen atoms in total. The van der Waals surface area contributed by atoms with Gasteiger partial charge in [-0.1, -0.05) is 27.7 Å². The van der Waals surface area contributed by atoms with Crippen molar-refractivity contribution in [1.29, 1.82) is 0 Å². The second kappa shape index (κ2) is 2.78. The topological polar surface area (TPSA) is 20.2 Å². The van der Waals surface area contributed by atoms with E-state index in [1.54, 1.807) is 0 Å². The van der Waals surface area contributed by atoms with Crippen LogP contribution in [0.2, 0.25) is 0 Å². The molecule has 3 atom stereocenters. The molecule has 0 unspecified atom stereocenters. The van der Waals surface area contributed by atoms with Gasteiger partial charge in [0.2, 0.25) is 0 Å². The number of hydrogen-bond acceptors (Lipinski definition) is 1. The minimum absolute atomic E-state index is 0.0424. The zero-order chi connectivity index (χ0) is 8.65. The van der Waals surface area contributed by atoms with Crippen LogP contribution < -0.4 is 0 Å². The maximum atomic E-state index is 9.53. The highest BCUT2D eigenvalue weighted by Gasteiger charge is 2.38. The van der Waals surface area contributed by atoms with E-state index in [4.69, 9.17) is 0 Å². The molecule has 0 spiro atoms. The van der Waals surface area contributed by atoms with Crippen LogP contribution in [0.3, 0.4) is 0 Å². The first-order valence-electron chi connectivity index (χ1n) is 4.61. The Bertz CT molecular complexity index is 134. The minimum Gasteiger partial charge on any atom is -0.393 e. The highest BCUT2D eigenvalue weighted by Crippen LogP contribution is 2.43. The maximum Gasteiger partial charge on any atom is 0.0568 e. The van der Waals surface area contributed by atoms with Gasteiger partial charge in [0.15, 0.2) is 0 Å². The molecule has 0 aromatic heterocycles. The lowest BCUT2D eigenvalue weighted by molar-refractivity contribution is 0.0958. The normalized spacial score (nSPS) is 39.5. The van der Waals surface area contributed by atoms with E-state index >= 15 is 0 Å². The van der Waals surface area contributed by atoms with Gasteiger partial charge < -0.3 is 5.11 Å². The summed E-state index contributed by atoms with van der Waals surface area (Å²) in [6.07, 6.45) is 2.16. The first-order valence-corrected chi connectivity index (χ1v) is 4.61. The Balaban J connectivity index is 2.62. The van der Waals surface area contributed by atoms with Crippen LogP contribution in [0.15, 0.2) is 0 Å². The van der Waals surface area contributed by atoms with Crippen molar-refractivity contribution in [3.63, 3.8) is 0 Å². The molecule has 0 bridgehead atoms. The van der Waals surface area contributed by atoms with Crippen molar-refractivity contribution < 1.29 is 5.11 Å². The zero-order valence-corrected chi connectivity index (χ0v) is 8.09. The van der Waals surface area contributed by atoms with Crippen molar-refractivity contribution >= 4 is 0 Å². The van der Waals surface area contributed by atoms with Crippen molar-refractivity contribution in [3.05, 3.63) is 0 Å². The summed E-state index contributed by atoms with van der Waals surface area (Å²) in [6, 6.07) is 0. The van der Waals surface area contributed by atoms with Gasteiger partial charge in [0.1, 0.15) is 0 Å². The molecule has 0 amide bonds. The van der Waals surface area contributed by atoms with E-state index in [2.05, 4.69) is 27.7 Å². The van der Waals surface area contributed by atoms with Crippen molar-refractivity contribution in [1.82, 2.24) is 0 Å². The lowest BCUT2D eigenvalue weighted by Crippen LogP contribution is -2.26. The van der Waals surface area contributed by atoms with Crippen LogP contribution in [0, 0.1) is 17.3 Å². The van der Waals surface area contributed by atoms with Gasteiger partial charge >= 0.3 is 0 Å². The SMILES string of the molecule is C[C@H]1[C@@H](O)CC[C@@H]1C(C)(C)C. The van der Waals surface area contributed by atoms with Crippen LogP contribution >= 0.6 is 0 Å². The average Bonchev–Trinajstić information content (AvgIpc) is 2.11. The molecule has 0 aromatic carbocycles. The van der Waals surface area contributed by atoms with Crippen molar-refractivity contribution in [2.75, 3.05) is 0 Å². The second-order valence-corrected chi connectivity index (χ2v) is 4.98. The summed E-state index contributed by atoms with van der Waals surface area (Å²) in [6.45, 7) is 8.98. The van der Waals surface area contributed by atoms with Crippen molar-refractivity contribution in [3.8, 4) is 0 Å². The number of hydrogen-bond donors (Lipinski definition) is 1. The third-order valence-corrected chi connectivity index (χ3v) is 3.13. The lowest BCUT2D eigenvalue weighted by Gasteiger charge is -2.31. The molecule has 1 saturated carbocycles. The highest BCUT2D eigenvalue weighted by atomic mass is 16.3. The third-order valence-electron chi connectivity index (χ3n) is 3.13. The smallest absolute Gasteiger partial charge is 0.0568 e. The maximum absolute atomic E-state index is 9.53. The zero-order valence-electron chi connectivity index (χ0n) is 8.09. The molecule has 66 valence electrons. The summed E-state index contributed by atoms with van der Waals surface area (Å²) in [7, 11) is 0. The molecule has 1 heteroatoms. The number of rotatable bonds is 0. The number of aliphatic hydroxyl groups excluding tert-OH is 1. The van der Waals surface area contributed by atoms with E-state index in [0.29, 0.717) is 17.3 Å². The van der Waals surface area contributed by atoms with Crippen LogP contribution in [-0.2, 0) is 0 Å². The fourth-order valence-corrected chi connectivity index (χ4v) is 2.37. The van der Waals surface area contributed by atoms with Gasteiger partial charge in [0.25, 0.3) is 0 Å². The van der Waals surface area contributed by atoms with Crippen LogP contribution in [0.25, 0.3) is 0 Å². The molecule has 0 radical (unpaired) electrons. The van der Waals surface area contributed by atoms with Crippen LogP contribution in [0.5, 0.6) is 0 Å². The number of aliphatic hydroxyl groups is 1. The second-order valence-electron chi connectivity index (χ2n) is 4.98. The largest absolute Gasteiger partial charge is 0.393 e. The Kier molecular flexibility index (Phi) is 2.29. The van der Waals surface area contributed by atoms with Gasteiger partial charge in [-0.25, -0.2) is 0 Å². The van der Waals surface area contributed by atoms with Crippen molar-refractivity contribution in [2.45, 2.75) is 46.6 Å². The molecule has 1 N–H and O–H groups in total. The van der Waals surface area contributed by atoms with Gasteiger partial charge in [-0.2, -0.15) is 0 Å². The van der Waals surface area contributed by atoms with E-state index in [-0.39, 0.29) is 6.10 Å². The monoisotopic (exact) mass is 156 g/mol. The summed E-state index contributed by atoms with van der Waals surface area (Å²) in [4.78, 5) is 0. The molecule has 1 rings (SSSR count). The third kappa shape index (κ3) is 1.76. The van der Waals surface area contributed by atoms with Crippen molar-refractivity contribution in [2.24, 2.45) is 17.3 Å². The molecule has 0 saturated heterocycles. The van der Waals surface area contributed by atoms with E-state index in [1.807, 2.05) is 0 Å². The molecule has 1 aliphatic carbocycles. The first-order chi connectivity index (χ1) is 4.93. The Morgan fingerprint density at radius 2 is 1.73 bits per heavy atom. The lowest BCUT2D eigenvalue weighted by atomic mass is 9.75. The Morgan fingerprint density at radius 1 is 1.18 bits per heavy atom. The fourth-order valence-electron chi connectivity index (χ4n) is 2.37. The molecule has 11 heavy (non-hydrogen) atoms. The molecular weight excluding hydrogens is 136 g/mol. The van der Waals surface area contributed by atoms with E-state index in [9.17, 15) is 5.11 Å². The van der Waals surface area contributed by atoms with E-state index in [0.717, 1.165) is 6.42 Å². The standard InChI is InChI=1S/C10H20O/c1-7-8(10(2,3)4)5-6-9(7)11/h7-9,11H,5-6H2,1-4H3/t7-,8+,9+/m1/s1. The molecule has 0 heterocycles. The van der Waals surface area contributed by atoms with Gasteiger partial charge in [-0.3, -0.25) is 0 Å². The molecule has 1 fully saturated rings. The van der Waals surface area contributed by atoms with Crippen LogP contribution in [0.4, 0.5) is 0 Å².